The highest BCUT2D eigenvalue weighted by atomic mass is 32.2. The molecule has 0 bridgehead atoms. The second-order valence-electron chi connectivity index (χ2n) is 6.58. The minimum Gasteiger partial charge on any atom is -0.395 e. The Kier molecular flexibility index (Phi) is 65.4. The van der Waals surface area contributed by atoms with Gasteiger partial charge in [-0.05, 0) is 57.3 Å². The third kappa shape index (κ3) is 58.3. The molecule has 10 nitrogen and oxygen atoms in total. The van der Waals surface area contributed by atoms with Crippen molar-refractivity contribution in [3.05, 3.63) is 0 Å². The van der Waals surface area contributed by atoms with Crippen LogP contribution < -0.4 is 0 Å². The largest absolute Gasteiger partial charge is 0.395 e. The van der Waals surface area contributed by atoms with Crippen molar-refractivity contribution in [2.75, 3.05) is 129 Å². The summed E-state index contributed by atoms with van der Waals surface area (Å²) >= 11 is 4.76. The zero-order valence-electron chi connectivity index (χ0n) is 23.3. The lowest BCUT2D eigenvalue weighted by Gasteiger charge is -2.27. The van der Waals surface area contributed by atoms with Crippen molar-refractivity contribution in [1.82, 2.24) is 9.80 Å². The quantitative estimate of drug-likeness (QED) is 0.143. The molecule has 0 fully saturated rings. The zero-order valence-corrected chi connectivity index (χ0v) is 25.0. The molecule has 0 aromatic heterocycles. The molecule has 0 saturated carbocycles. The van der Waals surface area contributed by atoms with Gasteiger partial charge in [-0.15, -0.1) is 0 Å². The summed E-state index contributed by atoms with van der Waals surface area (Å²) in [6.07, 6.45) is 3.18. The van der Waals surface area contributed by atoms with Crippen LogP contribution in [0.4, 0.5) is 0 Å². The maximum absolute atomic E-state index is 9.17. The molecular weight excluding hydrogens is 484 g/mol. The number of methoxy groups -OCH3 is 4. The van der Waals surface area contributed by atoms with Gasteiger partial charge in [0.05, 0.1) is 20.3 Å². The van der Waals surface area contributed by atoms with Crippen molar-refractivity contribution in [3.8, 4) is 0 Å². The molecule has 214 valence electrons. The number of aliphatic hydroxyl groups is 2. The first-order valence-electron chi connectivity index (χ1n) is 11.1. The average molecular weight is 541 g/mol. The molecule has 34 heavy (non-hydrogen) atoms. The summed E-state index contributed by atoms with van der Waals surface area (Å²) in [4.78, 5) is 4.56. The van der Waals surface area contributed by atoms with Gasteiger partial charge < -0.3 is 37.5 Å². The van der Waals surface area contributed by atoms with E-state index in [1.165, 1.54) is 19.2 Å². The molecule has 0 heterocycles. The summed E-state index contributed by atoms with van der Waals surface area (Å²) in [5.41, 5.74) is 0. The van der Waals surface area contributed by atoms with Crippen LogP contribution in [0.1, 0.15) is 19.3 Å². The third-order valence-electron chi connectivity index (χ3n) is 3.46. The van der Waals surface area contributed by atoms with Gasteiger partial charge in [0.25, 0.3) is 0 Å². The van der Waals surface area contributed by atoms with Crippen LogP contribution in [0.5, 0.6) is 0 Å². The number of unbranched alkanes of at least 4 members (excludes halogenated alkanes) is 1. The molecule has 0 aliphatic rings. The van der Waals surface area contributed by atoms with Crippen LogP contribution in [0, 0.1) is 0 Å². The van der Waals surface area contributed by atoms with E-state index >= 15 is 0 Å². The number of rotatable bonds is 17. The van der Waals surface area contributed by atoms with Crippen molar-refractivity contribution in [2.45, 2.75) is 19.3 Å². The molecule has 0 unspecified atom stereocenters. The summed E-state index contributed by atoms with van der Waals surface area (Å²) in [5, 5.41) is 18.3. The van der Waals surface area contributed by atoms with E-state index in [1.807, 2.05) is 0 Å². The molecule has 0 spiro atoms. The van der Waals surface area contributed by atoms with Crippen molar-refractivity contribution in [2.24, 2.45) is 0 Å². The van der Waals surface area contributed by atoms with Crippen LogP contribution in [-0.4, -0.2) is 149 Å². The van der Waals surface area contributed by atoms with Crippen molar-refractivity contribution < 1.29 is 37.5 Å². The lowest BCUT2D eigenvalue weighted by atomic mass is 10.3. The molecule has 0 aliphatic carbocycles. The molecular formula is C22H56N2O8S2. The van der Waals surface area contributed by atoms with Gasteiger partial charge in [0.1, 0.15) is 0 Å². The van der Waals surface area contributed by atoms with Crippen LogP contribution in [0.3, 0.4) is 0 Å². The van der Waals surface area contributed by atoms with E-state index in [0.717, 1.165) is 57.8 Å². The Morgan fingerprint density at radius 1 is 0.618 bits per heavy atom. The Morgan fingerprint density at radius 2 is 1.00 bits per heavy atom. The number of hydrogen-bond donors (Lipinski definition) is 3. The highest BCUT2D eigenvalue weighted by Gasteiger charge is 2.09. The minimum absolute atomic E-state index is 0.186. The fraction of sp³-hybridized carbons (Fsp3) is 1.00. The topological polar surface area (TPSA) is 102 Å². The molecule has 0 aromatic rings. The summed E-state index contributed by atoms with van der Waals surface area (Å²) in [5.74, 6) is 0.968. The molecule has 0 amide bonds. The van der Waals surface area contributed by atoms with Gasteiger partial charge in [-0.3, -0.25) is 9.80 Å². The van der Waals surface area contributed by atoms with Crippen LogP contribution >= 0.6 is 25.0 Å². The standard InChI is InChI=1S/C15H34N2O4S.3C2H6O.CH4OS/c1-20-14-4-3-6-16(10-12-18)8-9-17(11-13-19)7-5-15-22-21-2;3*1-3-2;1-2-3/h18-19H,3-15H2,1-2H3;3*1-2H3;3H,1H3. The average Bonchev–Trinajstić information content (AvgIpc) is 2.80. The molecule has 0 rings (SSSR count). The Balaban J connectivity index is -0.000000194. The van der Waals surface area contributed by atoms with Crippen molar-refractivity contribution >= 4 is 25.0 Å². The second-order valence-corrected chi connectivity index (χ2v) is 7.92. The van der Waals surface area contributed by atoms with E-state index in [1.54, 1.807) is 56.9 Å². The van der Waals surface area contributed by atoms with Crippen molar-refractivity contribution in [3.63, 3.8) is 0 Å². The Bertz CT molecular complexity index is 261. The molecule has 0 radical (unpaired) electrons. The SMILES string of the molecule is COC.COC.COC.COCCCCN(CCO)CCN(CCO)CCCSOC.COS. The number of nitrogens with zero attached hydrogens (tertiary/aromatic N) is 2. The van der Waals surface area contributed by atoms with Crippen LogP contribution in [-0.2, 0) is 27.3 Å². The first-order chi connectivity index (χ1) is 16.4. The van der Waals surface area contributed by atoms with Gasteiger partial charge >= 0.3 is 0 Å². The minimum atomic E-state index is 0.186. The Labute approximate surface area is 220 Å². The summed E-state index contributed by atoms with van der Waals surface area (Å²) in [6.45, 7) is 6.37. The summed E-state index contributed by atoms with van der Waals surface area (Å²) in [7, 11) is 14.6. The van der Waals surface area contributed by atoms with E-state index in [4.69, 9.17) is 14.0 Å². The van der Waals surface area contributed by atoms with Gasteiger partial charge in [-0.2, -0.15) is 0 Å². The van der Waals surface area contributed by atoms with Gasteiger partial charge in [0, 0.05) is 95.4 Å². The van der Waals surface area contributed by atoms with Crippen molar-refractivity contribution in [1.29, 1.82) is 0 Å². The summed E-state index contributed by atoms with van der Waals surface area (Å²) in [6, 6.07) is 0. The normalized spacial score (nSPS) is 9.71. The van der Waals surface area contributed by atoms with E-state index < -0.39 is 0 Å². The van der Waals surface area contributed by atoms with Gasteiger partial charge in [-0.1, -0.05) is 0 Å². The maximum Gasteiger partial charge on any atom is 0.0558 e. The van der Waals surface area contributed by atoms with Crippen LogP contribution in [0.25, 0.3) is 0 Å². The first-order valence-corrected chi connectivity index (χ1v) is 12.4. The van der Waals surface area contributed by atoms with E-state index in [-0.39, 0.29) is 13.2 Å². The molecule has 0 aliphatic heterocycles. The van der Waals surface area contributed by atoms with Gasteiger partial charge in [0.15, 0.2) is 0 Å². The van der Waals surface area contributed by atoms with Gasteiger partial charge in [0.2, 0.25) is 0 Å². The lowest BCUT2D eigenvalue weighted by Crippen LogP contribution is -2.38. The second kappa shape index (κ2) is 50.2. The summed E-state index contributed by atoms with van der Waals surface area (Å²) < 4.78 is 26.7. The first kappa shape index (κ1) is 44.3. The van der Waals surface area contributed by atoms with E-state index in [2.05, 4.69) is 41.1 Å². The molecule has 0 saturated heterocycles. The lowest BCUT2D eigenvalue weighted by molar-refractivity contribution is 0.144. The number of aliphatic hydroxyl groups excluding tert-OH is 2. The van der Waals surface area contributed by atoms with Gasteiger partial charge in [-0.25, -0.2) is 0 Å². The highest BCUT2D eigenvalue weighted by molar-refractivity contribution is 7.94. The monoisotopic (exact) mass is 540 g/mol. The number of thiol groups is 1. The molecule has 12 heteroatoms. The smallest absolute Gasteiger partial charge is 0.0558 e. The van der Waals surface area contributed by atoms with Crippen LogP contribution in [0.2, 0.25) is 0 Å². The highest BCUT2D eigenvalue weighted by Crippen LogP contribution is 2.04. The predicted octanol–water partition coefficient (Wildman–Crippen LogP) is 1.95. The number of ether oxygens (including phenoxy) is 4. The zero-order chi connectivity index (χ0) is 27.3. The fourth-order valence-corrected chi connectivity index (χ4v) is 2.66. The number of hydrogen-bond acceptors (Lipinski definition) is 12. The van der Waals surface area contributed by atoms with Crippen LogP contribution in [0.15, 0.2) is 0 Å². The Morgan fingerprint density at radius 3 is 1.32 bits per heavy atom. The maximum atomic E-state index is 9.17. The molecule has 0 aromatic carbocycles. The molecule has 0 atom stereocenters. The molecule has 2 N–H and O–H groups in total. The van der Waals surface area contributed by atoms with E-state index in [0.29, 0.717) is 13.1 Å². The predicted molar refractivity (Wildman–Crippen MR) is 147 cm³/mol. The third-order valence-corrected chi connectivity index (χ3v) is 4.15. The van der Waals surface area contributed by atoms with E-state index in [9.17, 15) is 5.11 Å². The fourth-order valence-electron chi connectivity index (χ4n) is 2.25. The Hall–Kier alpha value is 0.300.